The number of carbonyl (C=O) groups excluding carboxylic acids is 3. The van der Waals surface area contributed by atoms with Crippen LogP contribution >= 0.6 is 23.2 Å². The lowest BCUT2D eigenvalue weighted by Crippen LogP contribution is -2.54. The van der Waals surface area contributed by atoms with E-state index in [1.54, 1.807) is 0 Å². The second kappa shape index (κ2) is 7.94. The zero-order valence-electron chi connectivity index (χ0n) is 18.2. The van der Waals surface area contributed by atoms with Crippen molar-refractivity contribution in [3.05, 3.63) is 63.1 Å². The number of rotatable bonds is 2. The Hall–Kier alpha value is -2.83. The number of hydrogen-bond acceptors (Lipinski definition) is 4. The third kappa shape index (κ3) is 3.78. The number of nitrogens with one attached hydrogen (secondary N) is 1. The minimum atomic E-state index is -0.835. The van der Waals surface area contributed by atoms with Gasteiger partial charge in [0, 0.05) is 18.3 Å². The van der Waals surface area contributed by atoms with Crippen LogP contribution in [0.2, 0.25) is 10.0 Å². The number of amides is 4. The van der Waals surface area contributed by atoms with Gasteiger partial charge in [-0.2, -0.15) is 0 Å². The number of nitrogens with zero attached hydrogens (tertiary/aromatic N) is 2. The molecular weight excluding hydrogens is 449 g/mol. The van der Waals surface area contributed by atoms with E-state index < -0.39 is 17.8 Å². The van der Waals surface area contributed by atoms with E-state index >= 15 is 0 Å². The molecule has 1 fully saturated rings. The first-order chi connectivity index (χ1) is 15.0. The zero-order chi connectivity index (χ0) is 23.4. The molecule has 0 bridgehead atoms. The summed E-state index contributed by atoms with van der Waals surface area (Å²) in [4.78, 5) is 41.2. The summed E-state index contributed by atoms with van der Waals surface area (Å²) < 4.78 is 0. The molecule has 2 aliphatic rings. The lowest BCUT2D eigenvalue weighted by atomic mass is 9.80. The van der Waals surface area contributed by atoms with E-state index in [1.165, 1.54) is 24.3 Å². The molecule has 6 nitrogen and oxygen atoms in total. The van der Waals surface area contributed by atoms with Gasteiger partial charge >= 0.3 is 6.03 Å². The maximum Gasteiger partial charge on any atom is 0.335 e. The highest BCUT2D eigenvalue weighted by Crippen LogP contribution is 2.42. The van der Waals surface area contributed by atoms with E-state index in [0.717, 1.165) is 22.6 Å². The van der Waals surface area contributed by atoms with Crippen LogP contribution in [0.25, 0.3) is 6.08 Å². The van der Waals surface area contributed by atoms with Gasteiger partial charge in [-0.05, 0) is 73.7 Å². The molecule has 4 rings (SSSR count). The van der Waals surface area contributed by atoms with Crippen LogP contribution in [0, 0.1) is 0 Å². The Bertz CT molecular complexity index is 1190. The number of fused-ring (bicyclic) bond motifs is 1. The van der Waals surface area contributed by atoms with Crippen LogP contribution in [-0.4, -0.2) is 30.4 Å². The Balaban J connectivity index is 1.73. The van der Waals surface area contributed by atoms with E-state index in [0.29, 0.717) is 16.5 Å². The Kier molecular flexibility index (Phi) is 5.55. The quantitative estimate of drug-likeness (QED) is 0.471. The first-order valence-corrected chi connectivity index (χ1v) is 11.0. The molecule has 32 heavy (non-hydrogen) atoms. The average Bonchev–Trinajstić information content (AvgIpc) is 2.71. The molecule has 0 radical (unpaired) electrons. The third-order valence-corrected chi connectivity index (χ3v) is 6.97. The van der Waals surface area contributed by atoms with Gasteiger partial charge in [0.05, 0.1) is 15.7 Å². The first kappa shape index (κ1) is 22.4. The molecule has 1 N–H and O–H groups in total. The average molecular weight is 472 g/mol. The maximum absolute atomic E-state index is 13.1. The second-order valence-electron chi connectivity index (χ2n) is 8.85. The predicted octanol–water partition coefficient (Wildman–Crippen LogP) is 5.38. The van der Waals surface area contributed by atoms with Gasteiger partial charge in [-0.25, -0.2) is 9.69 Å². The molecule has 0 aliphatic carbocycles. The Morgan fingerprint density at radius 3 is 2.47 bits per heavy atom. The van der Waals surface area contributed by atoms with Crippen LogP contribution in [0.5, 0.6) is 0 Å². The van der Waals surface area contributed by atoms with Crippen molar-refractivity contribution in [2.45, 2.75) is 38.6 Å². The van der Waals surface area contributed by atoms with Crippen molar-refractivity contribution in [2.75, 3.05) is 16.8 Å². The first-order valence-electron chi connectivity index (χ1n) is 10.2. The molecule has 8 heteroatoms. The summed E-state index contributed by atoms with van der Waals surface area (Å²) in [6, 6.07) is 9.44. The number of anilines is 2. The number of carbonyl (C=O) groups is 3. The molecule has 2 aromatic carbocycles. The van der Waals surface area contributed by atoms with Gasteiger partial charge in [0.15, 0.2) is 0 Å². The molecule has 0 spiro atoms. The summed E-state index contributed by atoms with van der Waals surface area (Å²) in [5.74, 6) is -1.14. The van der Waals surface area contributed by atoms with Gasteiger partial charge in [0.2, 0.25) is 0 Å². The van der Waals surface area contributed by atoms with Crippen molar-refractivity contribution in [3.63, 3.8) is 0 Å². The SMILES string of the molecule is CC1CC(C)(C)N(C)c2ccc(/C=C3\C(=O)NC(=O)N(c4ccc(Cl)c(Cl)c4)C3=O)cc21. The normalized spacial score (nSPS) is 21.6. The van der Waals surface area contributed by atoms with Crippen molar-refractivity contribution in [1.29, 1.82) is 0 Å². The highest BCUT2D eigenvalue weighted by molar-refractivity contribution is 6.43. The number of urea groups is 1. The second-order valence-corrected chi connectivity index (χ2v) is 9.67. The summed E-state index contributed by atoms with van der Waals surface area (Å²) in [7, 11) is 2.07. The van der Waals surface area contributed by atoms with Crippen LogP contribution in [0.4, 0.5) is 16.2 Å². The molecule has 1 atom stereocenters. The molecule has 4 amide bonds. The molecule has 1 saturated heterocycles. The van der Waals surface area contributed by atoms with E-state index in [-0.39, 0.29) is 21.8 Å². The van der Waals surface area contributed by atoms with E-state index in [2.05, 4.69) is 38.0 Å². The number of imide groups is 2. The van der Waals surface area contributed by atoms with Gasteiger partial charge in [-0.15, -0.1) is 0 Å². The summed E-state index contributed by atoms with van der Waals surface area (Å²) in [5.41, 5.74) is 3.12. The highest BCUT2D eigenvalue weighted by Gasteiger charge is 2.37. The minimum Gasteiger partial charge on any atom is -0.369 e. The fourth-order valence-corrected chi connectivity index (χ4v) is 4.66. The smallest absolute Gasteiger partial charge is 0.335 e. The van der Waals surface area contributed by atoms with E-state index in [4.69, 9.17) is 23.2 Å². The van der Waals surface area contributed by atoms with Crippen LogP contribution in [0.1, 0.15) is 44.2 Å². The lowest BCUT2D eigenvalue weighted by molar-refractivity contribution is -0.122. The Labute approximate surface area is 196 Å². The predicted molar refractivity (Wildman–Crippen MR) is 127 cm³/mol. The van der Waals surface area contributed by atoms with Crippen LogP contribution in [0.15, 0.2) is 42.0 Å². The van der Waals surface area contributed by atoms with Crippen molar-refractivity contribution in [1.82, 2.24) is 5.32 Å². The fourth-order valence-electron chi connectivity index (χ4n) is 4.37. The van der Waals surface area contributed by atoms with Gasteiger partial charge in [-0.1, -0.05) is 36.2 Å². The molecule has 1 unspecified atom stereocenters. The largest absolute Gasteiger partial charge is 0.369 e. The van der Waals surface area contributed by atoms with Crippen molar-refractivity contribution in [2.24, 2.45) is 0 Å². The van der Waals surface area contributed by atoms with Gasteiger partial charge in [0.1, 0.15) is 5.57 Å². The molecule has 0 saturated carbocycles. The van der Waals surface area contributed by atoms with Crippen LogP contribution in [0.3, 0.4) is 0 Å². The van der Waals surface area contributed by atoms with Gasteiger partial charge in [-0.3, -0.25) is 14.9 Å². The summed E-state index contributed by atoms with van der Waals surface area (Å²) in [6.45, 7) is 6.59. The lowest BCUT2D eigenvalue weighted by Gasteiger charge is -2.45. The van der Waals surface area contributed by atoms with Crippen molar-refractivity contribution >= 4 is 58.5 Å². The number of benzene rings is 2. The topological polar surface area (TPSA) is 69.7 Å². The molecule has 2 aromatic rings. The molecule has 2 aliphatic heterocycles. The number of barbiturate groups is 1. The van der Waals surface area contributed by atoms with E-state index in [1.807, 2.05) is 18.2 Å². The summed E-state index contributed by atoms with van der Waals surface area (Å²) in [5, 5.41) is 2.72. The van der Waals surface area contributed by atoms with Crippen LogP contribution < -0.4 is 15.1 Å². The summed E-state index contributed by atoms with van der Waals surface area (Å²) >= 11 is 12.0. The fraction of sp³-hybridized carbons (Fsp3) is 0.292. The number of hydrogen-bond donors (Lipinski definition) is 1. The van der Waals surface area contributed by atoms with Crippen molar-refractivity contribution < 1.29 is 14.4 Å². The number of halogens is 2. The zero-order valence-corrected chi connectivity index (χ0v) is 19.7. The van der Waals surface area contributed by atoms with E-state index in [9.17, 15) is 14.4 Å². The van der Waals surface area contributed by atoms with Crippen molar-refractivity contribution in [3.8, 4) is 0 Å². The maximum atomic E-state index is 13.1. The molecule has 166 valence electrons. The highest BCUT2D eigenvalue weighted by atomic mass is 35.5. The molecular formula is C24H23Cl2N3O3. The van der Waals surface area contributed by atoms with Gasteiger partial charge < -0.3 is 4.90 Å². The molecule has 2 heterocycles. The molecule has 0 aromatic heterocycles. The Morgan fingerprint density at radius 2 is 1.78 bits per heavy atom. The Morgan fingerprint density at radius 1 is 1.06 bits per heavy atom. The monoisotopic (exact) mass is 471 g/mol. The standard InChI is InChI=1S/C24H23Cl2N3O3/c1-13-12-24(2,3)28(4)20-8-5-14(9-16(13)20)10-17-21(30)27-23(32)29(22(17)31)15-6-7-18(25)19(26)11-15/h5-11,13H,12H2,1-4H3,(H,27,30,32)/b17-10+. The summed E-state index contributed by atoms with van der Waals surface area (Å²) in [6.07, 6.45) is 2.50. The third-order valence-electron chi connectivity index (χ3n) is 6.23. The van der Waals surface area contributed by atoms with Gasteiger partial charge in [0.25, 0.3) is 11.8 Å². The minimum absolute atomic E-state index is 0.0341. The van der Waals surface area contributed by atoms with Crippen LogP contribution in [-0.2, 0) is 9.59 Å².